The molecule has 1 aliphatic heterocycles. The number of carbonyl (C=O) groups is 1. The Kier molecular flexibility index (Phi) is 3.53. The van der Waals surface area contributed by atoms with Crippen molar-refractivity contribution >= 4 is 17.7 Å². The number of halogens is 2. The third-order valence-electron chi connectivity index (χ3n) is 1.77. The van der Waals surface area contributed by atoms with Crippen LogP contribution in [0.3, 0.4) is 0 Å². The van der Waals surface area contributed by atoms with Gasteiger partial charge in [-0.25, -0.2) is 8.78 Å². The molecule has 1 heterocycles. The van der Waals surface area contributed by atoms with E-state index in [1.54, 1.807) is 11.8 Å². The van der Waals surface area contributed by atoms with E-state index in [2.05, 4.69) is 5.32 Å². The molecule has 0 aromatic rings. The molecular formula is C8H13F2NOS. The first-order chi connectivity index (χ1) is 5.97. The molecule has 76 valence electrons. The van der Waals surface area contributed by atoms with Gasteiger partial charge in [0.15, 0.2) is 0 Å². The van der Waals surface area contributed by atoms with Crippen molar-refractivity contribution in [1.29, 1.82) is 0 Å². The lowest BCUT2D eigenvalue weighted by Gasteiger charge is -2.13. The summed E-state index contributed by atoms with van der Waals surface area (Å²) in [5, 5.41) is 2.60. The Hall–Kier alpha value is -0.320. The second-order valence-electron chi connectivity index (χ2n) is 3.38. The van der Waals surface area contributed by atoms with Crippen LogP contribution in [0.2, 0.25) is 0 Å². The summed E-state index contributed by atoms with van der Waals surface area (Å²) >= 11 is 1.74. The van der Waals surface area contributed by atoms with Gasteiger partial charge >= 0.3 is 0 Å². The molecule has 1 N–H and O–H groups in total. The van der Waals surface area contributed by atoms with Crippen LogP contribution >= 0.6 is 11.8 Å². The van der Waals surface area contributed by atoms with E-state index in [0.29, 0.717) is 0 Å². The second-order valence-corrected chi connectivity index (χ2v) is 4.52. The summed E-state index contributed by atoms with van der Waals surface area (Å²) in [6.07, 6.45) is 0.194. The molecule has 1 rings (SSSR count). The largest absolute Gasteiger partial charge is 0.352 e. The van der Waals surface area contributed by atoms with Gasteiger partial charge in [-0.1, -0.05) is 0 Å². The molecule has 1 unspecified atom stereocenters. The summed E-state index contributed by atoms with van der Waals surface area (Å²) in [6.45, 7) is 0.760. The van der Waals surface area contributed by atoms with Crippen LogP contribution in [-0.4, -0.2) is 29.4 Å². The molecular weight excluding hydrogens is 196 g/mol. The predicted molar refractivity (Wildman–Crippen MR) is 49.1 cm³/mol. The Balaban J connectivity index is 2.24. The van der Waals surface area contributed by atoms with Crippen molar-refractivity contribution in [2.45, 2.75) is 31.7 Å². The van der Waals surface area contributed by atoms with Gasteiger partial charge in [-0.05, 0) is 19.1 Å². The average molecular weight is 209 g/mol. The molecule has 0 radical (unpaired) electrons. The first-order valence-corrected chi connectivity index (χ1v) is 5.38. The minimum atomic E-state index is -2.89. The fourth-order valence-corrected chi connectivity index (χ4v) is 2.36. The molecule has 1 saturated heterocycles. The van der Waals surface area contributed by atoms with E-state index in [9.17, 15) is 13.6 Å². The lowest BCUT2D eigenvalue weighted by Crippen LogP contribution is -2.37. The summed E-state index contributed by atoms with van der Waals surface area (Å²) in [5.41, 5.74) is 0. The summed E-state index contributed by atoms with van der Waals surface area (Å²) in [5.74, 6) is -1.58. The van der Waals surface area contributed by atoms with Crippen molar-refractivity contribution in [1.82, 2.24) is 5.32 Å². The molecule has 0 bridgehead atoms. The SMILES string of the molecule is CC(F)(F)CC(=O)NC1CCSC1. The Bertz CT molecular complexity index is 187. The van der Waals surface area contributed by atoms with Gasteiger partial charge in [0.05, 0.1) is 6.42 Å². The number of nitrogens with one attached hydrogen (secondary N) is 1. The van der Waals surface area contributed by atoms with Gasteiger partial charge in [-0.15, -0.1) is 0 Å². The van der Waals surface area contributed by atoms with Crippen LogP contribution < -0.4 is 5.32 Å². The zero-order valence-electron chi connectivity index (χ0n) is 7.48. The van der Waals surface area contributed by atoms with E-state index in [1.165, 1.54) is 0 Å². The highest BCUT2D eigenvalue weighted by molar-refractivity contribution is 7.99. The molecule has 13 heavy (non-hydrogen) atoms. The van der Waals surface area contributed by atoms with Crippen LogP contribution in [-0.2, 0) is 4.79 Å². The first kappa shape index (κ1) is 10.8. The minimum absolute atomic E-state index is 0.0971. The van der Waals surface area contributed by atoms with Gasteiger partial charge in [0.25, 0.3) is 5.92 Å². The van der Waals surface area contributed by atoms with Gasteiger partial charge in [-0.2, -0.15) is 11.8 Å². The quantitative estimate of drug-likeness (QED) is 0.765. The molecule has 0 saturated carbocycles. The van der Waals surface area contributed by atoms with E-state index in [0.717, 1.165) is 24.9 Å². The highest BCUT2D eigenvalue weighted by Crippen LogP contribution is 2.19. The van der Waals surface area contributed by atoms with Crippen LogP contribution in [0, 0.1) is 0 Å². The third-order valence-corrected chi connectivity index (χ3v) is 2.93. The Morgan fingerprint density at radius 1 is 1.69 bits per heavy atom. The van der Waals surface area contributed by atoms with Crippen molar-refractivity contribution < 1.29 is 13.6 Å². The van der Waals surface area contributed by atoms with Crippen LogP contribution in [0.1, 0.15) is 19.8 Å². The van der Waals surface area contributed by atoms with Gasteiger partial charge in [0.2, 0.25) is 5.91 Å². The summed E-state index contributed by atoms with van der Waals surface area (Å²) in [7, 11) is 0. The molecule has 1 aliphatic rings. The molecule has 0 spiro atoms. The van der Waals surface area contributed by atoms with Crippen molar-refractivity contribution in [3.63, 3.8) is 0 Å². The lowest BCUT2D eigenvalue weighted by atomic mass is 10.2. The molecule has 0 aliphatic carbocycles. The fourth-order valence-electron chi connectivity index (χ4n) is 1.21. The van der Waals surface area contributed by atoms with Crippen LogP contribution in [0.15, 0.2) is 0 Å². The van der Waals surface area contributed by atoms with E-state index >= 15 is 0 Å². The monoisotopic (exact) mass is 209 g/mol. The molecule has 5 heteroatoms. The minimum Gasteiger partial charge on any atom is -0.352 e. The predicted octanol–water partition coefficient (Wildman–Crippen LogP) is 1.65. The fraction of sp³-hybridized carbons (Fsp3) is 0.875. The highest BCUT2D eigenvalue weighted by Gasteiger charge is 2.27. The Labute approximate surface area is 80.5 Å². The zero-order valence-corrected chi connectivity index (χ0v) is 8.29. The van der Waals surface area contributed by atoms with Crippen LogP contribution in [0.4, 0.5) is 8.78 Å². The lowest BCUT2D eigenvalue weighted by molar-refractivity contribution is -0.127. The number of carbonyl (C=O) groups excluding carboxylic acids is 1. The topological polar surface area (TPSA) is 29.1 Å². The molecule has 0 aromatic heterocycles. The van der Waals surface area contributed by atoms with Gasteiger partial charge in [-0.3, -0.25) is 4.79 Å². The van der Waals surface area contributed by atoms with Crippen LogP contribution in [0.25, 0.3) is 0 Å². The molecule has 2 nitrogen and oxygen atoms in total. The number of hydrogen-bond donors (Lipinski definition) is 1. The maximum absolute atomic E-state index is 12.4. The van der Waals surface area contributed by atoms with E-state index in [-0.39, 0.29) is 6.04 Å². The van der Waals surface area contributed by atoms with Gasteiger partial charge < -0.3 is 5.32 Å². The maximum Gasteiger partial charge on any atom is 0.254 e. The summed E-state index contributed by atoms with van der Waals surface area (Å²) < 4.78 is 24.8. The van der Waals surface area contributed by atoms with E-state index in [1.807, 2.05) is 0 Å². The van der Waals surface area contributed by atoms with Crippen molar-refractivity contribution in [2.75, 3.05) is 11.5 Å². The third kappa shape index (κ3) is 4.45. The maximum atomic E-state index is 12.4. The van der Waals surface area contributed by atoms with E-state index < -0.39 is 18.3 Å². The first-order valence-electron chi connectivity index (χ1n) is 4.22. The number of rotatable bonds is 3. The van der Waals surface area contributed by atoms with E-state index in [4.69, 9.17) is 0 Å². The van der Waals surface area contributed by atoms with Gasteiger partial charge in [0.1, 0.15) is 0 Å². The van der Waals surface area contributed by atoms with Crippen molar-refractivity contribution in [2.24, 2.45) is 0 Å². The zero-order chi connectivity index (χ0) is 9.90. The highest BCUT2D eigenvalue weighted by atomic mass is 32.2. The van der Waals surface area contributed by atoms with Crippen molar-refractivity contribution in [3.8, 4) is 0 Å². The number of amides is 1. The van der Waals surface area contributed by atoms with Gasteiger partial charge in [0, 0.05) is 11.8 Å². The second kappa shape index (κ2) is 4.26. The number of hydrogen-bond acceptors (Lipinski definition) is 2. The van der Waals surface area contributed by atoms with Crippen LogP contribution in [0.5, 0.6) is 0 Å². The number of alkyl halides is 2. The summed E-state index contributed by atoms with van der Waals surface area (Å²) in [4.78, 5) is 11.0. The molecule has 0 aromatic carbocycles. The Morgan fingerprint density at radius 3 is 2.85 bits per heavy atom. The molecule has 1 fully saturated rings. The number of thioether (sulfide) groups is 1. The van der Waals surface area contributed by atoms with Crippen molar-refractivity contribution in [3.05, 3.63) is 0 Å². The summed E-state index contributed by atoms with van der Waals surface area (Å²) in [6, 6.07) is 0.0971. The smallest absolute Gasteiger partial charge is 0.254 e. The Morgan fingerprint density at radius 2 is 2.38 bits per heavy atom. The average Bonchev–Trinajstić information content (AvgIpc) is 2.34. The molecule has 1 atom stereocenters. The molecule has 1 amide bonds. The normalized spacial score (nSPS) is 23.2. The standard InChI is InChI=1S/C8H13F2NOS/c1-8(9,10)4-7(12)11-6-2-3-13-5-6/h6H,2-5H2,1H3,(H,11,12).